The van der Waals surface area contributed by atoms with Crippen LogP contribution in [0.2, 0.25) is 0 Å². The maximum absolute atomic E-state index is 15.2. The number of carbonyl (C=O) groups is 2. The molecular weight excluding hydrogens is 980 g/mol. The highest BCUT2D eigenvalue weighted by Gasteiger charge is 2.53. The highest BCUT2D eigenvalue weighted by Crippen LogP contribution is 2.43. The number of aliphatic hydroxyl groups excluding tert-OH is 4. The van der Waals surface area contributed by atoms with Gasteiger partial charge in [-0.2, -0.15) is 0 Å². The van der Waals surface area contributed by atoms with Gasteiger partial charge in [0.15, 0.2) is 12.6 Å². The summed E-state index contributed by atoms with van der Waals surface area (Å²) in [5.41, 5.74) is -1.87. The summed E-state index contributed by atoms with van der Waals surface area (Å²) < 4.78 is 53.4. The first-order valence-corrected chi connectivity index (χ1v) is 27.4. The van der Waals surface area contributed by atoms with E-state index in [0.717, 1.165) is 4.88 Å². The van der Waals surface area contributed by atoms with Crippen molar-refractivity contribution < 1.29 is 73.0 Å². The van der Waals surface area contributed by atoms with E-state index in [-0.39, 0.29) is 56.0 Å². The Morgan fingerprint density at radius 1 is 1.04 bits per heavy atom. The molecule has 18 nitrogen and oxygen atoms in total. The lowest BCUT2D eigenvalue weighted by Gasteiger charge is -2.49. The normalized spacial score (nSPS) is 41.5. The fraction of sp³-hybridized carbons (Fsp3) is 0.796. The minimum Gasteiger partial charge on any atom is -0.459 e. The highest BCUT2D eigenvalue weighted by molar-refractivity contribution is 7.13. The second-order valence-electron chi connectivity index (χ2n) is 23.0. The molecule has 7 N–H and O–H groups in total. The van der Waals surface area contributed by atoms with Crippen molar-refractivity contribution in [2.24, 2.45) is 29.6 Å². The number of hydrogen-bond acceptors (Lipinski definition) is 18. The largest absolute Gasteiger partial charge is 0.459 e. The lowest BCUT2D eigenvalue weighted by atomic mass is 9.77. The van der Waals surface area contributed by atoms with Gasteiger partial charge >= 0.3 is 5.97 Å². The summed E-state index contributed by atoms with van der Waals surface area (Å²) in [5, 5.41) is 72.9. The molecule has 1 aliphatic carbocycles. The Morgan fingerprint density at radius 2 is 1.74 bits per heavy atom. The quantitative estimate of drug-likeness (QED) is 0.125. The van der Waals surface area contributed by atoms with Crippen LogP contribution in [0.3, 0.4) is 0 Å². The zero-order valence-corrected chi connectivity index (χ0v) is 46.5. The van der Waals surface area contributed by atoms with Gasteiger partial charge in [0, 0.05) is 56.7 Å². The minimum atomic E-state index is -1.86. The molecule has 0 spiro atoms. The topological polar surface area (TPSA) is 242 Å². The molecule has 1 amide bonds. The lowest BCUT2D eigenvalue weighted by molar-refractivity contribution is -0.318. The number of carbonyl (C=O) groups excluding carboxylic acids is 2. The molecule has 21 atom stereocenters. The number of thiazole rings is 1. The summed E-state index contributed by atoms with van der Waals surface area (Å²) >= 11 is 1.40. The molecule has 3 aliphatic heterocycles. The van der Waals surface area contributed by atoms with Crippen molar-refractivity contribution in [1.82, 2.24) is 20.1 Å². The monoisotopic (exact) mass is 1070 g/mol. The molecule has 4 fully saturated rings. The molecule has 0 unspecified atom stereocenters. The molecule has 1 saturated carbocycles. The number of aliphatic hydroxyl groups is 6. The third-order valence-corrected chi connectivity index (χ3v) is 17.5. The van der Waals surface area contributed by atoms with Crippen molar-refractivity contribution in [1.29, 1.82) is 0 Å². The molecule has 74 heavy (non-hydrogen) atoms. The number of rotatable bonds is 15. The third kappa shape index (κ3) is 13.9. The van der Waals surface area contributed by atoms with Crippen molar-refractivity contribution >= 4 is 23.2 Å². The van der Waals surface area contributed by atoms with E-state index in [9.17, 15) is 40.2 Å². The molecule has 4 heterocycles. The molecule has 1 aromatic carbocycles. The van der Waals surface area contributed by atoms with Crippen molar-refractivity contribution in [3.05, 3.63) is 41.3 Å². The van der Waals surface area contributed by atoms with E-state index in [2.05, 4.69) is 10.3 Å². The van der Waals surface area contributed by atoms with Crippen molar-refractivity contribution in [3.63, 3.8) is 0 Å². The number of methoxy groups -OCH3 is 1. The van der Waals surface area contributed by atoms with Gasteiger partial charge in [-0.25, -0.2) is 4.39 Å². The van der Waals surface area contributed by atoms with Crippen LogP contribution in [-0.4, -0.2) is 195 Å². The first-order valence-electron chi connectivity index (χ1n) is 26.5. The van der Waals surface area contributed by atoms with Gasteiger partial charge in [-0.3, -0.25) is 14.6 Å². The van der Waals surface area contributed by atoms with Crippen LogP contribution in [0, 0.1) is 35.4 Å². The van der Waals surface area contributed by atoms with Crippen molar-refractivity contribution in [3.8, 4) is 10.4 Å². The standard InChI is InChI=1S/C54H87FN4O14S/c1-14-42-54(10,67)46(62)32(6)58(11)24-28(2)21-52(8,66)48(30(4)45(31(5)50(65)71-42)72-43-22-53(9,68-13)47(63)33(7)70-43)73-51-44(61)40(17-29(3)69-51)59(12)25-36-19-38(36)49(64)57-37(26-60)18-34-15-16-35(20-39(34)55)41-23-56-27-74-41/h15-16,20,23,27-33,36-38,40,42-48,51,60-63,66-67H,14,17-19,21-22,24-26H2,1-13H3,(H,57,64)/t28-,29-,30+,31-,32-,33+,36-,37+,38+,40+,42-,43+,44-,45+,46-,47+,48-,51+,52-,53-,54-/m1/s1. The number of nitrogens with one attached hydrogen (secondary N) is 1. The third-order valence-electron chi connectivity index (χ3n) is 16.7. The predicted octanol–water partition coefficient (Wildman–Crippen LogP) is 3.89. The van der Waals surface area contributed by atoms with E-state index in [1.54, 1.807) is 72.3 Å². The van der Waals surface area contributed by atoms with Gasteiger partial charge in [-0.1, -0.05) is 32.9 Å². The molecule has 1 aromatic heterocycles. The van der Waals surface area contributed by atoms with Crippen LogP contribution in [0.5, 0.6) is 0 Å². The predicted molar refractivity (Wildman–Crippen MR) is 275 cm³/mol. The number of esters is 1. The van der Waals surface area contributed by atoms with E-state index < -0.39 is 120 Å². The average molecular weight is 1070 g/mol. The summed E-state index contributed by atoms with van der Waals surface area (Å²) in [6.45, 7) is 17.8. The number of nitrogens with zero attached hydrogens (tertiary/aromatic N) is 3. The maximum Gasteiger partial charge on any atom is 0.311 e. The second-order valence-corrected chi connectivity index (χ2v) is 23.9. The number of ether oxygens (including phenoxy) is 6. The van der Waals surface area contributed by atoms with Crippen LogP contribution in [0.4, 0.5) is 4.39 Å². The summed E-state index contributed by atoms with van der Waals surface area (Å²) in [7, 11) is 5.18. The maximum atomic E-state index is 15.2. The van der Waals surface area contributed by atoms with Gasteiger partial charge in [-0.15, -0.1) is 11.3 Å². The minimum absolute atomic E-state index is 0.0616. The fourth-order valence-electron chi connectivity index (χ4n) is 11.9. The van der Waals surface area contributed by atoms with Crippen LogP contribution >= 0.6 is 11.3 Å². The number of hydrogen-bond donors (Lipinski definition) is 7. The Morgan fingerprint density at radius 3 is 2.36 bits per heavy atom. The molecule has 2 aromatic rings. The number of cyclic esters (lactones) is 1. The number of aromatic nitrogens is 1. The summed E-state index contributed by atoms with van der Waals surface area (Å²) in [6, 6.07) is 3.10. The van der Waals surface area contributed by atoms with Gasteiger partial charge in [0.2, 0.25) is 5.91 Å². The fourth-order valence-corrected chi connectivity index (χ4v) is 12.5. The molecule has 420 valence electrons. The Bertz CT molecular complexity index is 2140. The average Bonchev–Trinajstić information content (AvgIpc) is 3.89. The summed E-state index contributed by atoms with van der Waals surface area (Å²) in [5.74, 6) is -4.00. The highest BCUT2D eigenvalue weighted by atomic mass is 32.1. The molecular formula is C54H87FN4O14S. The lowest BCUT2D eigenvalue weighted by Crippen LogP contribution is -2.61. The smallest absolute Gasteiger partial charge is 0.311 e. The van der Waals surface area contributed by atoms with E-state index in [1.807, 2.05) is 37.7 Å². The van der Waals surface area contributed by atoms with Crippen LogP contribution in [-0.2, 0) is 44.4 Å². The number of amides is 1. The van der Waals surface area contributed by atoms with Crippen LogP contribution in [0.15, 0.2) is 29.9 Å². The van der Waals surface area contributed by atoms with Crippen LogP contribution < -0.4 is 5.32 Å². The number of likely N-dealkylation sites (N-methyl/N-ethyl adjacent to an activating group) is 2. The first-order chi connectivity index (χ1) is 34.7. The van der Waals surface area contributed by atoms with E-state index in [4.69, 9.17) is 28.4 Å². The van der Waals surface area contributed by atoms with Gasteiger partial charge < -0.3 is 74.2 Å². The van der Waals surface area contributed by atoms with Crippen LogP contribution in [0.25, 0.3) is 10.4 Å². The van der Waals surface area contributed by atoms with Gasteiger partial charge in [-0.05, 0) is 124 Å². The van der Waals surface area contributed by atoms with Crippen molar-refractivity contribution in [2.75, 3.05) is 40.9 Å². The number of benzene rings is 1. The van der Waals surface area contributed by atoms with Gasteiger partial charge in [0.05, 0.1) is 64.6 Å². The zero-order chi connectivity index (χ0) is 54.8. The molecule has 3 saturated heterocycles. The van der Waals surface area contributed by atoms with Gasteiger partial charge in [0.1, 0.15) is 35.8 Å². The summed E-state index contributed by atoms with van der Waals surface area (Å²) in [6.07, 6.45) is -7.25. The first kappa shape index (κ1) is 60.4. The Kier molecular flexibility index (Phi) is 20.3. The second kappa shape index (κ2) is 24.9. The van der Waals surface area contributed by atoms with Crippen LogP contribution in [0.1, 0.15) is 107 Å². The van der Waals surface area contributed by atoms with E-state index in [0.29, 0.717) is 37.1 Å². The molecule has 20 heteroatoms. The molecule has 6 rings (SSSR count). The number of halogens is 1. The molecule has 0 bridgehead atoms. The Labute approximate surface area is 441 Å². The van der Waals surface area contributed by atoms with Crippen molar-refractivity contribution in [2.45, 2.75) is 204 Å². The molecule has 0 radical (unpaired) electrons. The Hall–Kier alpha value is -2.80. The van der Waals surface area contributed by atoms with E-state index in [1.165, 1.54) is 31.4 Å². The SMILES string of the molecule is CC[C@H]1OC(=O)[C@H](C)[C@@H](O[C@H]2C[C@@](C)(OC)[C@@H](O)[C@H](C)O2)[C@H](C)[C@@H](O[C@@H]2O[C@H](C)C[C@H](N(C)C[C@H]3C[C@@H]3C(=O)N[C@H](CO)Cc3ccc(-c4cncs4)cc3F)[C@H]2O)[C@](C)(O)C[C@@H](C)CN(C)[C@H](C)[C@@H](O)[C@]1(C)O. The van der Waals surface area contributed by atoms with Gasteiger partial charge in [0.25, 0.3) is 0 Å². The molecule has 4 aliphatic rings. The zero-order valence-electron chi connectivity index (χ0n) is 45.7. The Balaban J connectivity index is 1.22. The van der Waals surface area contributed by atoms with E-state index >= 15 is 4.39 Å². The summed E-state index contributed by atoms with van der Waals surface area (Å²) in [4.78, 5) is 36.9.